The van der Waals surface area contributed by atoms with Gasteiger partial charge in [0.15, 0.2) is 0 Å². The van der Waals surface area contributed by atoms with Crippen LogP contribution in [0, 0.1) is 6.92 Å². The van der Waals surface area contributed by atoms with E-state index in [2.05, 4.69) is 5.32 Å². The quantitative estimate of drug-likeness (QED) is 0.668. The van der Waals surface area contributed by atoms with Gasteiger partial charge < -0.3 is 10.1 Å². The van der Waals surface area contributed by atoms with Crippen molar-refractivity contribution in [3.8, 4) is 5.75 Å². The van der Waals surface area contributed by atoms with Crippen LogP contribution in [-0.2, 0) is 10.0 Å². The Morgan fingerprint density at radius 2 is 1.74 bits per heavy atom. The van der Waals surface area contributed by atoms with E-state index >= 15 is 0 Å². The van der Waals surface area contributed by atoms with Crippen LogP contribution in [0.25, 0.3) is 0 Å². The Labute approximate surface area is 161 Å². The Hall–Kier alpha value is -2.38. The summed E-state index contributed by atoms with van der Waals surface area (Å²) in [5.41, 5.74) is 0.928. The Kier molecular flexibility index (Phi) is 7.38. The van der Waals surface area contributed by atoms with Crippen molar-refractivity contribution in [2.75, 3.05) is 26.2 Å². The van der Waals surface area contributed by atoms with Crippen molar-refractivity contribution in [2.24, 2.45) is 0 Å². The van der Waals surface area contributed by atoms with E-state index in [4.69, 9.17) is 4.74 Å². The third-order valence-corrected chi connectivity index (χ3v) is 6.36. The third-order valence-electron chi connectivity index (χ3n) is 4.17. The monoisotopic (exact) mass is 390 g/mol. The number of nitrogens with zero attached hydrogens (tertiary/aromatic N) is 1. The third kappa shape index (κ3) is 5.30. The Bertz CT molecular complexity index is 863. The van der Waals surface area contributed by atoms with Gasteiger partial charge in [-0.3, -0.25) is 4.79 Å². The first-order valence-corrected chi connectivity index (χ1v) is 10.4. The second-order valence-electron chi connectivity index (χ2n) is 5.99. The van der Waals surface area contributed by atoms with Gasteiger partial charge in [0.05, 0.1) is 11.4 Å². The zero-order valence-electron chi connectivity index (χ0n) is 15.9. The molecule has 0 fully saturated rings. The van der Waals surface area contributed by atoms with Crippen LogP contribution in [0.2, 0.25) is 0 Å². The van der Waals surface area contributed by atoms with Gasteiger partial charge in [0.25, 0.3) is 5.91 Å². The van der Waals surface area contributed by atoms with Crippen molar-refractivity contribution in [1.29, 1.82) is 0 Å². The van der Waals surface area contributed by atoms with E-state index in [1.54, 1.807) is 32.9 Å². The van der Waals surface area contributed by atoms with Gasteiger partial charge in [-0.25, -0.2) is 8.42 Å². The zero-order valence-corrected chi connectivity index (χ0v) is 16.8. The lowest BCUT2D eigenvalue weighted by Crippen LogP contribution is -2.32. The lowest BCUT2D eigenvalue weighted by molar-refractivity contribution is 0.0947. The summed E-state index contributed by atoms with van der Waals surface area (Å²) in [6, 6.07) is 14.1. The number of sulfonamides is 1. The number of benzene rings is 2. The zero-order chi connectivity index (χ0) is 19.9. The summed E-state index contributed by atoms with van der Waals surface area (Å²) in [7, 11) is -3.62. The van der Waals surface area contributed by atoms with Gasteiger partial charge in [-0.15, -0.1) is 0 Å². The number of aryl methyl sites for hydroxylation is 1. The second kappa shape index (κ2) is 9.53. The highest BCUT2D eigenvalue weighted by Gasteiger charge is 2.24. The van der Waals surface area contributed by atoms with Crippen LogP contribution in [0.4, 0.5) is 0 Å². The summed E-state index contributed by atoms with van der Waals surface area (Å²) in [6.45, 7) is 6.72. The van der Waals surface area contributed by atoms with Crippen LogP contribution < -0.4 is 10.1 Å². The van der Waals surface area contributed by atoms with Gasteiger partial charge in [-0.1, -0.05) is 38.1 Å². The number of amides is 1. The van der Waals surface area contributed by atoms with Crippen molar-refractivity contribution >= 4 is 15.9 Å². The SMILES string of the molecule is CCN(CC)S(=O)(=O)c1cc(C(=O)NCCOc2ccccc2)ccc1C. The van der Waals surface area contributed by atoms with Gasteiger partial charge in [0.2, 0.25) is 10.0 Å². The smallest absolute Gasteiger partial charge is 0.251 e. The van der Waals surface area contributed by atoms with Crippen molar-refractivity contribution in [1.82, 2.24) is 9.62 Å². The molecule has 0 saturated heterocycles. The average molecular weight is 391 g/mol. The fourth-order valence-electron chi connectivity index (χ4n) is 2.67. The minimum Gasteiger partial charge on any atom is -0.492 e. The molecule has 1 amide bonds. The number of hydrogen-bond donors (Lipinski definition) is 1. The number of rotatable bonds is 9. The molecule has 6 nitrogen and oxygen atoms in total. The molecule has 0 spiro atoms. The second-order valence-corrected chi connectivity index (χ2v) is 7.89. The maximum absolute atomic E-state index is 12.8. The van der Waals surface area contributed by atoms with Gasteiger partial charge in [0.1, 0.15) is 12.4 Å². The number of carbonyl (C=O) groups excluding carboxylic acids is 1. The predicted molar refractivity (Wildman–Crippen MR) is 106 cm³/mol. The van der Waals surface area contributed by atoms with Crippen molar-refractivity contribution in [3.05, 3.63) is 59.7 Å². The van der Waals surface area contributed by atoms with E-state index in [9.17, 15) is 13.2 Å². The Morgan fingerprint density at radius 1 is 1.07 bits per heavy atom. The van der Waals surface area contributed by atoms with Crippen LogP contribution in [0.1, 0.15) is 29.8 Å². The molecule has 2 aromatic rings. The molecule has 0 heterocycles. The number of hydrogen-bond acceptors (Lipinski definition) is 4. The van der Waals surface area contributed by atoms with Crippen molar-refractivity contribution in [2.45, 2.75) is 25.7 Å². The summed E-state index contributed by atoms with van der Waals surface area (Å²) in [5, 5.41) is 2.75. The molecule has 146 valence electrons. The van der Waals surface area contributed by atoms with Crippen LogP contribution in [0.5, 0.6) is 5.75 Å². The molecule has 0 unspecified atom stereocenters. The summed E-state index contributed by atoms with van der Waals surface area (Å²) >= 11 is 0. The Balaban J connectivity index is 2.05. The van der Waals surface area contributed by atoms with E-state index in [0.29, 0.717) is 37.4 Å². The van der Waals surface area contributed by atoms with E-state index < -0.39 is 10.0 Å². The highest BCUT2D eigenvalue weighted by Crippen LogP contribution is 2.21. The van der Waals surface area contributed by atoms with Crippen molar-refractivity contribution < 1.29 is 17.9 Å². The van der Waals surface area contributed by atoms with E-state index in [0.717, 1.165) is 5.75 Å². The van der Waals surface area contributed by atoms with Crippen LogP contribution in [-0.4, -0.2) is 44.9 Å². The largest absolute Gasteiger partial charge is 0.492 e. The molecular formula is C20H26N2O4S. The number of nitrogens with one attached hydrogen (secondary N) is 1. The summed E-state index contributed by atoms with van der Waals surface area (Å²) in [5.74, 6) is 0.400. The van der Waals surface area contributed by atoms with Gasteiger partial charge in [-0.05, 0) is 36.8 Å². The predicted octanol–water partition coefficient (Wildman–Crippen LogP) is 2.83. The first-order valence-electron chi connectivity index (χ1n) is 8.97. The molecule has 0 aliphatic heterocycles. The normalized spacial score (nSPS) is 11.4. The van der Waals surface area contributed by atoms with E-state index in [1.807, 2.05) is 30.3 Å². The first kappa shape index (κ1) is 20.9. The Morgan fingerprint density at radius 3 is 2.37 bits per heavy atom. The molecule has 0 saturated carbocycles. The fraction of sp³-hybridized carbons (Fsp3) is 0.350. The minimum atomic E-state index is -3.62. The maximum atomic E-state index is 12.8. The van der Waals surface area contributed by atoms with Gasteiger partial charge in [-0.2, -0.15) is 4.31 Å². The summed E-state index contributed by atoms with van der Waals surface area (Å²) < 4.78 is 32.5. The molecule has 2 rings (SSSR count). The lowest BCUT2D eigenvalue weighted by Gasteiger charge is -2.20. The standard InChI is InChI=1S/C20H26N2O4S/c1-4-22(5-2)27(24,25)19-15-17(12-11-16(19)3)20(23)21-13-14-26-18-9-7-6-8-10-18/h6-12,15H,4-5,13-14H2,1-3H3,(H,21,23). The summed E-state index contributed by atoms with van der Waals surface area (Å²) in [4.78, 5) is 12.5. The molecule has 2 aromatic carbocycles. The van der Waals surface area contributed by atoms with Crippen molar-refractivity contribution in [3.63, 3.8) is 0 Å². The molecule has 1 N–H and O–H groups in total. The number of para-hydroxylation sites is 1. The average Bonchev–Trinajstić information content (AvgIpc) is 2.67. The van der Waals surface area contributed by atoms with Crippen LogP contribution in [0.3, 0.4) is 0 Å². The highest BCUT2D eigenvalue weighted by molar-refractivity contribution is 7.89. The minimum absolute atomic E-state index is 0.166. The topological polar surface area (TPSA) is 75.7 Å². The molecule has 0 atom stereocenters. The fourth-order valence-corrected chi connectivity index (χ4v) is 4.38. The number of carbonyl (C=O) groups is 1. The van der Waals surface area contributed by atoms with Gasteiger partial charge >= 0.3 is 0 Å². The molecule has 0 aromatic heterocycles. The molecule has 27 heavy (non-hydrogen) atoms. The van der Waals surface area contributed by atoms with Crippen LogP contribution in [0.15, 0.2) is 53.4 Å². The molecule has 0 bridgehead atoms. The molecule has 0 aliphatic carbocycles. The molecule has 0 radical (unpaired) electrons. The highest BCUT2D eigenvalue weighted by atomic mass is 32.2. The summed E-state index contributed by atoms with van der Waals surface area (Å²) in [6.07, 6.45) is 0. The molecule has 7 heteroatoms. The molecule has 0 aliphatic rings. The maximum Gasteiger partial charge on any atom is 0.251 e. The first-order chi connectivity index (χ1) is 12.9. The van der Waals surface area contributed by atoms with Crippen LogP contribution >= 0.6 is 0 Å². The van der Waals surface area contributed by atoms with Gasteiger partial charge in [0, 0.05) is 18.7 Å². The number of ether oxygens (including phenoxy) is 1. The lowest BCUT2D eigenvalue weighted by atomic mass is 10.1. The van der Waals surface area contributed by atoms with E-state index in [1.165, 1.54) is 10.4 Å². The van der Waals surface area contributed by atoms with E-state index in [-0.39, 0.29) is 10.8 Å². The molecular weight excluding hydrogens is 364 g/mol.